The molecule has 0 fully saturated rings. The van der Waals surface area contributed by atoms with E-state index < -0.39 is 0 Å². The van der Waals surface area contributed by atoms with E-state index in [1.165, 1.54) is 22.3 Å². The number of carbonyl (C=O) groups is 1. The minimum Gasteiger partial charge on any atom is -0.355 e. The van der Waals surface area contributed by atoms with Gasteiger partial charge in [0.1, 0.15) is 0 Å². The van der Waals surface area contributed by atoms with Crippen LogP contribution in [0.2, 0.25) is 0 Å². The van der Waals surface area contributed by atoms with Gasteiger partial charge in [-0.2, -0.15) is 0 Å². The number of carbonyl (C=O) groups excluding carboxylic acids is 1. The van der Waals surface area contributed by atoms with Crippen molar-refractivity contribution in [3.8, 4) is 0 Å². The normalized spacial score (nSPS) is 24.0. The Labute approximate surface area is 137 Å². The predicted molar refractivity (Wildman–Crippen MR) is 91.6 cm³/mol. The fourth-order valence-electron chi connectivity index (χ4n) is 4.43. The van der Waals surface area contributed by atoms with Crippen LogP contribution in [-0.4, -0.2) is 26.0 Å². The topological polar surface area (TPSA) is 41.1 Å². The summed E-state index contributed by atoms with van der Waals surface area (Å²) in [4.78, 5) is 11.8. The number of hydrogen-bond acceptors (Lipinski definition) is 2. The fourth-order valence-corrected chi connectivity index (χ4v) is 4.43. The second-order valence-corrected chi connectivity index (χ2v) is 6.62. The summed E-state index contributed by atoms with van der Waals surface area (Å²) >= 11 is 0. The third kappa shape index (κ3) is 2.36. The molecule has 0 aromatic heterocycles. The second kappa shape index (κ2) is 5.82. The SMILES string of the molecule is CNCC(=O)NCC1CC2c3ccccc3C1c1ccccc12. The summed E-state index contributed by atoms with van der Waals surface area (Å²) in [6, 6.07) is 17.7. The number of benzene rings is 2. The molecular formula is C20H22N2O. The summed E-state index contributed by atoms with van der Waals surface area (Å²) in [7, 11) is 1.80. The largest absolute Gasteiger partial charge is 0.355 e. The summed E-state index contributed by atoms with van der Waals surface area (Å²) in [5.41, 5.74) is 5.87. The van der Waals surface area contributed by atoms with E-state index in [1.54, 1.807) is 7.05 Å². The predicted octanol–water partition coefficient (Wildman–Crippen LogP) is 2.62. The van der Waals surface area contributed by atoms with Gasteiger partial charge in [-0.25, -0.2) is 0 Å². The molecule has 0 radical (unpaired) electrons. The molecule has 5 rings (SSSR count). The number of hydrogen-bond donors (Lipinski definition) is 2. The minimum absolute atomic E-state index is 0.0792. The molecule has 118 valence electrons. The van der Waals surface area contributed by atoms with E-state index >= 15 is 0 Å². The lowest BCUT2D eigenvalue weighted by Gasteiger charge is -2.45. The van der Waals surface area contributed by atoms with Crippen molar-refractivity contribution in [1.82, 2.24) is 10.6 Å². The molecule has 3 nitrogen and oxygen atoms in total. The Morgan fingerprint density at radius 2 is 1.57 bits per heavy atom. The standard InChI is InChI=1S/C20H22N2O/c1-21-12-19(23)22-11-13-10-18-14-6-2-4-8-16(14)20(13)17-9-5-3-7-15(17)18/h2-9,13,18,20-21H,10-12H2,1H3,(H,22,23). The molecule has 2 aromatic carbocycles. The molecule has 1 unspecified atom stereocenters. The molecule has 2 bridgehead atoms. The maximum Gasteiger partial charge on any atom is 0.233 e. The average molecular weight is 306 g/mol. The molecule has 23 heavy (non-hydrogen) atoms. The van der Waals surface area contributed by atoms with Gasteiger partial charge in [-0.15, -0.1) is 0 Å². The first-order chi connectivity index (χ1) is 11.3. The zero-order chi connectivity index (χ0) is 15.8. The Morgan fingerprint density at radius 1 is 1.00 bits per heavy atom. The van der Waals surface area contributed by atoms with Crippen molar-refractivity contribution in [2.75, 3.05) is 20.1 Å². The molecule has 3 heteroatoms. The summed E-state index contributed by atoms with van der Waals surface area (Å²) in [6.07, 6.45) is 1.12. The van der Waals surface area contributed by atoms with Gasteiger partial charge < -0.3 is 10.6 Å². The Balaban J connectivity index is 1.67. The van der Waals surface area contributed by atoms with Crippen molar-refractivity contribution in [3.05, 3.63) is 70.8 Å². The monoisotopic (exact) mass is 306 g/mol. The lowest BCUT2D eigenvalue weighted by Crippen LogP contribution is -2.41. The van der Waals surface area contributed by atoms with Crippen LogP contribution in [-0.2, 0) is 4.79 Å². The molecule has 3 aliphatic carbocycles. The third-order valence-corrected chi connectivity index (χ3v) is 5.32. The van der Waals surface area contributed by atoms with Gasteiger partial charge in [0.15, 0.2) is 0 Å². The van der Waals surface area contributed by atoms with Gasteiger partial charge in [0.25, 0.3) is 0 Å². The fraction of sp³-hybridized carbons (Fsp3) is 0.350. The van der Waals surface area contributed by atoms with Gasteiger partial charge in [-0.1, -0.05) is 48.5 Å². The molecular weight excluding hydrogens is 284 g/mol. The van der Waals surface area contributed by atoms with Crippen molar-refractivity contribution in [2.24, 2.45) is 5.92 Å². The molecule has 0 aliphatic heterocycles. The van der Waals surface area contributed by atoms with Crippen LogP contribution in [0.5, 0.6) is 0 Å². The molecule has 1 amide bonds. The summed E-state index contributed by atoms with van der Waals surface area (Å²) in [5, 5.41) is 6.01. The van der Waals surface area contributed by atoms with Crippen LogP contribution in [0.1, 0.15) is 40.5 Å². The van der Waals surface area contributed by atoms with Crippen LogP contribution in [0, 0.1) is 5.92 Å². The van der Waals surface area contributed by atoms with Crippen LogP contribution < -0.4 is 10.6 Å². The van der Waals surface area contributed by atoms with Crippen molar-refractivity contribution in [3.63, 3.8) is 0 Å². The van der Waals surface area contributed by atoms with E-state index in [0.29, 0.717) is 24.3 Å². The lowest BCUT2D eigenvalue weighted by atomic mass is 9.59. The summed E-state index contributed by atoms with van der Waals surface area (Å²) in [6.45, 7) is 1.14. The number of rotatable bonds is 4. The quantitative estimate of drug-likeness (QED) is 0.912. The molecule has 2 N–H and O–H groups in total. The minimum atomic E-state index is 0.0792. The zero-order valence-electron chi connectivity index (χ0n) is 13.4. The second-order valence-electron chi connectivity index (χ2n) is 6.62. The highest BCUT2D eigenvalue weighted by molar-refractivity contribution is 5.78. The highest BCUT2D eigenvalue weighted by atomic mass is 16.1. The van der Waals surface area contributed by atoms with Gasteiger partial charge in [0.05, 0.1) is 6.54 Å². The number of likely N-dealkylation sites (N-methyl/N-ethyl adjacent to an activating group) is 1. The van der Waals surface area contributed by atoms with Gasteiger partial charge in [-0.3, -0.25) is 4.79 Å². The van der Waals surface area contributed by atoms with Gasteiger partial charge in [0, 0.05) is 18.4 Å². The first-order valence-electron chi connectivity index (χ1n) is 8.38. The van der Waals surface area contributed by atoms with Crippen LogP contribution in [0.15, 0.2) is 48.5 Å². The molecule has 0 spiro atoms. The van der Waals surface area contributed by atoms with Crippen molar-refractivity contribution in [2.45, 2.75) is 18.3 Å². The van der Waals surface area contributed by atoms with E-state index in [9.17, 15) is 4.79 Å². The van der Waals surface area contributed by atoms with Crippen LogP contribution in [0.4, 0.5) is 0 Å². The van der Waals surface area contributed by atoms with E-state index in [-0.39, 0.29) is 5.91 Å². The van der Waals surface area contributed by atoms with Gasteiger partial charge in [-0.05, 0) is 41.6 Å². The van der Waals surface area contributed by atoms with E-state index in [2.05, 4.69) is 59.2 Å². The highest BCUT2D eigenvalue weighted by Gasteiger charge is 2.42. The van der Waals surface area contributed by atoms with Crippen molar-refractivity contribution >= 4 is 5.91 Å². The smallest absolute Gasteiger partial charge is 0.233 e. The summed E-state index contributed by atoms with van der Waals surface area (Å²) in [5.74, 6) is 1.43. The van der Waals surface area contributed by atoms with E-state index in [1.807, 2.05) is 0 Å². The number of fused-ring (bicyclic) bond motifs is 1. The lowest BCUT2D eigenvalue weighted by molar-refractivity contribution is -0.120. The Kier molecular flexibility index (Phi) is 3.66. The van der Waals surface area contributed by atoms with Crippen LogP contribution >= 0.6 is 0 Å². The molecule has 2 aromatic rings. The maximum atomic E-state index is 11.8. The Morgan fingerprint density at radius 3 is 2.13 bits per heavy atom. The average Bonchev–Trinajstić information content (AvgIpc) is 2.60. The Hall–Kier alpha value is -2.13. The van der Waals surface area contributed by atoms with Gasteiger partial charge in [0.2, 0.25) is 5.91 Å². The molecule has 0 heterocycles. The Bertz CT molecular complexity index is 692. The van der Waals surface area contributed by atoms with Crippen molar-refractivity contribution < 1.29 is 4.79 Å². The zero-order valence-corrected chi connectivity index (χ0v) is 13.4. The van der Waals surface area contributed by atoms with Crippen LogP contribution in [0.25, 0.3) is 0 Å². The first-order valence-corrected chi connectivity index (χ1v) is 8.38. The van der Waals surface area contributed by atoms with Crippen LogP contribution in [0.3, 0.4) is 0 Å². The molecule has 1 atom stereocenters. The third-order valence-electron chi connectivity index (χ3n) is 5.32. The molecule has 0 saturated carbocycles. The van der Waals surface area contributed by atoms with E-state index in [4.69, 9.17) is 0 Å². The molecule has 3 aliphatic rings. The van der Waals surface area contributed by atoms with Gasteiger partial charge >= 0.3 is 0 Å². The van der Waals surface area contributed by atoms with E-state index in [0.717, 1.165) is 13.0 Å². The highest BCUT2D eigenvalue weighted by Crippen LogP contribution is 2.54. The number of nitrogens with one attached hydrogen (secondary N) is 2. The number of amides is 1. The van der Waals surface area contributed by atoms with Crippen molar-refractivity contribution in [1.29, 1.82) is 0 Å². The first kappa shape index (κ1) is 14.5. The molecule has 0 saturated heterocycles. The maximum absolute atomic E-state index is 11.8. The summed E-state index contributed by atoms with van der Waals surface area (Å²) < 4.78 is 0.